The quantitative estimate of drug-likeness (QED) is 0.876. The molecule has 1 N–H and O–H groups in total. The van der Waals surface area contributed by atoms with E-state index < -0.39 is 0 Å². The molecule has 108 valence electrons. The molecule has 0 bridgehead atoms. The van der Waals surface area contributed by atoms with Crippen molar-refractivity contribution in [1.29, 1.82) is 0 Å². The number of rotatable bonds is 5. The third-order valence-electron chi connectivity index (χ3n) is 3.35. The van der Waals surface area contributed by atoms with E-state index in [-0.39, 0.29) is 23.7 Å². The van der Waals surface area contributed by atoms with Crippen molar-refractivity contribution in [2.45, 2.75) is 39.3 Å². The number of aryl methyl sites for hydroxylation is 1. The molecule has 0 aliphatic carbocycles. The first-order valence-electron chi connectivity index (χ1n) is 6.64. The van der Waals surface area contributed by atoms with Crippen molar-refractivity contribution in [2.24, 2.45) is 0 Å². The zero-order chi connectivity index (χ0) is 14.7. The Morgan fingerprint density at radius 2 is 2.05 bits per heavy atom. The van der Waals surface area contributed by atoms with Gasteiger partial charge in [0.25, 0.3) is 0 Å². The molecule has 2 nitrogen and oxygen atoms in total. The van der Waals surface area contributed by atoms with Gasteiger partial charge in [-0.05, 0) is 38.0 Å². The monoisotopic (exact) mass is 296 g/mol. The van der Waals surface area contributed by atoms with Gasteiger partial charge in [-0.1, -0.05) is 6.92 Å². The Hall–Kier alpha value is -1.33. The minimum Gasteiger partial charge on any atom is -0.301 e. The highest BCUT2D eigenvalue weighted by Crippen LogP contribution is 2.26. The lowest BCUT2D eigenvalue weighted by Crippen LogP contribution is -2.25. The van der Waals surface area contributed by atoms with Crippen LogP contribution in [-0.2, 0) is 0 Å². The van der Waals surface area contributed by atoms with Gasteiger partial charge in [0.15, 0.2) is 0 Å². The highest BCUT2D eigenvalue weighted by atomic mass is 32.1. The van der Waals surface area contributed by atoms with Gasteiger partial charge in [-0.15, -0.1) is 11.3 Å². The van der Waals surface area contributed by atoms with Crippen molar-refractivity contribution in [3.8, 4) is 0 Å². The fourth-order valence-corrected chi connectivity index (χ4v) is 2.94. The topological polar surface area (TPSA) is 24.9 Å². The molecule has 0 saturated heterocycles. The first-order chi connectivity index (χ1) is 9.52. The van der Waals surface area contributed by atoms with Crippen molar-refractivity contribution in [3.05, 3.63) is 51.5 Å². The average Bonchev–Trinajstić information content (AvgIpc) is 2.93. The maximum absolute atomic E-state index is 14.0. The number of aromatic nitrogens is 1. The summed E-state index contributed by atoms with van der Waals surface area (Å²) >= 11 is 1.56. The molecule has 0 fully saturated rings. The van der Waals surface area contributed by atoms with Crippen LogP contribution in [0.4, 0.5) is 8.78 Å². The normalized spacial score (nSPS) is 14.2. The molecule has 0 amide bonds. The van der Waals surface area contributed by atoms with Crippen molar-refractivity contribution in [3.63, 3.8) is 0 Å². The van der Waals surface area contributed by atoms with E-state index in [1.165, 1.54) is 12.1 Å². The fourth-order valence-electron chi connectivity index (χ4n) is 2.16. The summed E-state index contributed by atoms with van der Waals surface area (Å²) in [6, 6.07) is 2.29. The number of halogens is 2. The first-order valence-corrected chi connectivity index (χ1v) is 7.51. The van der Waals surface area contributed by atoms with Gasteiger partial charge in [0.2, 0.25) is 0 Å². The molecule has 1 heterocycles. The van der Waals surface area contributed by atoms with Crippen LogP contribution in [0.2, 0.25) is 0 Å². The van der Waals surface area contributed by atoms with Gasteiger partial charge in [0, 0.05) is 23.2 Å². The SMILES string of the molecule is CCC(NC(C)c1cc(F)c(C)cc1F)c1nccs1. The van der Waals surface area contributed by atoms with Crippen LogP contribution in [0.1, 0.15) is 48.5 Å². The summed E-state index contributed by atoms with van der Waals surface area (Å²) in [7, 11) is 0. The van der Waals surface area contributed by atoms with Crippen LogP contribution >= 0.6 is 11.3 Å². The molecule has 0 spiro atoms. The molecule has 2 rings (SSSR count). The van der Waals surface area contributed by atoms with E-state index >= 15 is 0 Å². The van der Waals surface area contributed by atoms with E-state index in [1.54, 1.807) is 24.5 Å². The lowest BCUT2D eigenvalue weighted by molar-refractivity contribution is 0.438. The number of thiazole rings is 1. The number of hydrogen-bond acceptors (Lipinski definition) is 3. The van der Waals surface area contributed by atoms with Crippen LogP contribution < -0.4 is 5.32 Å². The minimum absolute atomic E-state index is 0.0498. The van der Waals surface area contributed by atoms with Crippen molar-refractivity contribution in [1.82, 2.24) is 10.3 Å². The molecular formula is C15H18F2N2S. The summed E-state index contributed by atoms with van der Waals surface area (Å²) in [5.41, 5.74) is 0.675. The molecule has 1 aromatic carbocycles. The van der Waals surface area contributed by atoms with E-state index in [0.717, 1.165) is 11.4 Å². The van der Waals surface area contributed by atoms with Gasteiger partial charge < -0.3 is 5.32 Å². The van der Waals surface area contributed by atoms with Gasteiger partial charge >= 0.3 is 0 Å². The summed E-state index contributed by atoms with van der Waals surface area (Å²) in [6.07, 6.45) is 2.59. The predicted octanol–water partition coefficient (Wildman–Crippen LogP) is 4.53. The van der Waals surface area contributed by atoms with E-state index in [4.69, 9.17) is 0 Å². The standard InChI is InChI=1S/C15H18F2N2S/c1-4-14(15-18-5-6-20-15)19-10(3)11-8-12(16)9(2)7-13(11)17/h5-8,10,14,19H,4H2,1-3H3. The van der Waals surface area contributed by atoms with Gasteiger partial charge in [0.1, 0.15) is 16.6 Å². The van der Waals surface area contributed by atoms with Crippen LogP contribution in [0.25, 0.3) is 0 Å². The highest BCUT2D eigenvalue weighted by molar-refractivity contribution is 7.09. The molecule has 2 atom stereocenters. The molecule has 5 heteroatoms. The smallest absolute Gasteiger partial charge is 0.128 e. The third kappa shape index (κ3) is 3.22. The van der Waals surface area contributed by atoms with Crippen LogP contribution in [0.15, 0.2) is 23.7 Å². The highest BCUT2D eigenvalue weighted by Gasteiger charge is 2.19. The Balaban J connectivity index is 2.19. The molecule has 0 aliphatic heterocycles. The Labute approximate surface area is 121 Å². The van der Waals surface area contributed by atoms with Gasteiger partial charge in [0.05, 0.1) is 6.04 Å². The average molecular weight is 296 g/mol. The number of nitrogens with zero attached hydrogens (tertiary/aromatic N) is 1. The summed E-state index contributed by atoms with van der Waals surface area (Å²) < 4.78 is 27.6. The predicted molar refractivity (Wildman–Crippen MR) is 77.8 cm³/mol. The molecule has 0 saturated carbocycles. The van der Waals surface area contributed by atoms with E-state index in [0.29, 0.717) is 11.1 Å². The zero-order valence-corrected chi connectivity index (χ0v) is 12.6. The third-order valence-corrected chi connectivity index (χ3v) is 4.24. The Kier molecular flexibility index (Phi) is 4.83. The van der Waals surface area contributed by atoms with Crippen LogP contribution in [0.5, 0.6) is 0 Å². The molecule has 0 radical (unpaired) electrons. The molecular weight excluding hydrogens is 278 g/mol. The maximum Gasteiger partial charge on any atom is 0.128 e. The Bertz CT molecular complexity index is 570. The maximum atomic E-state index is 14.0. The van der Waals surface area contributed by atoms with Crippen molar-refractivity contribution in [2.75, 3.05) is 0 Å². The van der Waals surface area contributed by atoms with Crippen molar-refractivity contribution < 1.29 is 8.78 Å². The summed E-state index contributed by atoms with van der Waals surface area (Å²) in [5.74, 6) is -0.754. The summed E-state index contributed by atoms with van der Waals surface area (Å²) in [4.78, 5) is 4.28. The Morgan fingerprint density at radius 3 is 2.65 bits per heavy atom. The molecule has 1 aromatic heterocycles. The lowest BCUT2D eigenvalue weighted by atomic mass is 10.0. The summed E-state index contributed by atoms with van der Waals surface area (Å²) in [5, 5.41) is 6.19. The molecule has 0 aliphatic rings. The second kappa shape index (κ2) is 6.41. The van der Waals surface area contributed by atoms with Crippen LogP contribution in [-0.4, -0.2) is 4.98 Å². The second-order valence-corrected chi connectivity index (χ2v) is 5.77. The lowest BCUT2D eigenvalue weighted by Gasteiger charge is -2.21. The van der Waals surface area contributed by atoms with E-state index in [1.807, 2.05) is 19.2 Å². The molecule has 20 heavy (non-hydrogen) atoms. The Morgan fingerprint density at radius 1 is 1.30 bits per heavy atom. The first kappa shape index (κ1) is 15.1. The number of benzene rings is 1. The number of hydrogen-bond donors (Lipinski definition) is 1. The van der Waals surface area contributed by atoms with Crippen molar-refractivity contribution >= 4 is 11.3 Å². The molecule has 2 aromatic rings. The van der Waals surface area contributed by atoms with Gasteiger partial charge in [-0.25, -0.2) is 13.8 Å². The van der Waals surface area contributed by atoms with E-state index in [9.17, 15) is 8.78 Å². The summed E-state index contributed by atoms with van der Waals surface area (Å²) in [6.45, 7) is 5.44. The van der Waals surface area contributed by atoms with Gasteiger partial charge in [-0.3, -0.25) is 0 Å². The minimum atomic E-state index is -0.377. The molecule has 2 unspecified atom stereocenters. The number of nitrogens with one attached hydrogen (secondary N) is 1. The largest absolute Gasteiger partial charge is 0.301 e. The second-order valence-electron chi connectivity index (χ2n) is 4.84. The van der Waals surface area contributed by atoms with Gasteiger partial charge in [-0.2, -0.15) is 0 Å². The van der Waals surface area contributed by atoms with Crippen LogP contribution in [0, 0.1) is 18.6 Å². The van der Waals surface area contributed by atoms with Crippen LogP contribution in [0.3, 0.4) is 0 Å². The fraction of sp³-hybridized carbons (Fsp3) is 0.400. The zero-order valence-electron chi connectivity index (χ0n) is 11.8. The van der Waals surface area contributed by atoms with E-state index in [2.05, 4.69) is 10.3 Å².